The van der Waals surface area contributed by atoms with Crippen LogP contribution in [0.4, 0.5) is 0 Å². The first-order valence-electron chi connectivity index (χ1n) is 4.73. The molecule has 70 valence electrons. The van der Waals surface area contributed by atoms with Gasteiger partial charge in [-0.15, -0.1) is 0 Å². The normalized spacial score (nSPS) is 12.9. The van der Waals surface area contributed by atoms with E-state index in [1.807, 2.05) is 0 Å². The topological polar surface area (TPSA) is 26.0 Å². The van der Waals surface area contributed by atoms with Crippen LogP contribution in [0.15, 0.2) is 18.2 Å². The fraction of sp³-hybridized carbons (Fsp3) is 0.455. The SMILES string of the molecule is CCC(N)[Si]c1cccc(C)c1C. The number of aryl methyl sites for hydroxylation is 1. The van der Waals surface area contributed by atoms with Crippen molar-refractivity contribution < 1.29 is 0 Å². The van der Waals surface area contributed by atoms with Gasteiger partial charge in [-0.05, 0) is 37.1 Å². The number of rotatable bonds is 3. The molecule has 0 spiro atoms. The predicted molar refractivity (Wildman–Crippen MR) is 59.6 cm³/mol. The highest BCUT2D eigenvalue weighted by atomic mass is 28.2. The van der Waals surface area contributed by atoms with Gasteiger partial charge in [-0.1, -0.05) is 30.3 Å². The molecule has 0 heterocycles. The lowest BCUT2D eigenvalue weighted by Gasteiger charge is -2.11. The lowest BCUT2D eigenvalue weighted by atomic mass is 10.1. The van der Waals surface area contributed by atoms with E-state index in [0.717, 1.165) is 15.9 Å². The molecule has 1 aromatic carbocycles. The summed E-state index contributed by atoms with van der Waals surface area (Å²) in [6.07, 6.45) is 1.06. The van der Waals surface area contributed by atoms with Crippen LogP contribution in [0.5, 0.6) is 0 Å². The number of hydrogen-bond donors (Lipinski definition) is 1. The van der Waals surface area contributed by atoms with Crippen molar-refractivity contribution in [1.82, 2.24) is 0 Å². The standard InChI is InChI=1S/C11H17NSi/c1-4-11(12)13-10-7-5-6-8(2)9(10)3/h5-7,11H,4,12H2,1-3H3. The molecule has 0 aromatic heterocycles. The quantitative estimate of drug-likeness (QED) is 0.717. The van der Waals surface area contributed by atoms with Gasteiger partial charge in [-0.2, -0.15) is 0 Å². The Morgan fingerprint density at radius 1 is 1.38 bits per heavy atom. The maximum Gasteiger partial charge on any atom is 0.102 e. The molecule has 0 saturated carbocycles. The predicted octanol–water partition coefficient (Wildman–Crippen LogP) is 1.33. The molecule has 1 rings (SSSR count). The first-order valence-corrected chi connectivity index (χ1v) is 5.81. The maximum atomic E-state index is 5.94. The van der Waals surface area contributed by atoms with Crippen molar-refractivity contribution in [2.24, 2.45) is 5.73 Å². The van der Waals surface area contributed by atoms with Crippen molar-refractivity contribution in [3.05, 3.63) is 29.3 Å². The molecule has 0 saturated heterocycles. The number of benzene rings is 1. The van der Waals surface area contributed by atoms with E-state index < -0.39 is 0 Å². The van der Waals surface area contributed by atoms with Crippen LogP contribution in [0.2, 0.25) is 0 Å². The first kappa shape index (κ1) is 10.5. The van der Waals surface area contributed by atoms with Gasteiger partial charge in [0.05, 0.1) is 0 Å². The molecule has 1 atom stereocenters. The Kier molecular flexibility index (Phi) is 3.69. The summed E-state index contributed by atoms with van der Waals surface area (Å²) in [4.78, 5) is 0. The van der Waals surface area contributed by atoms with Crippen molar-refractivity contribution in [1.29, 1.82) is 0 Å². The Labute approximate surface area is 83.2 Å². The van der Waals surface area contributed by atoms with Crippen molar-refractivity contribution in [2.45, 2.75) is 32.9 Å². The number of nitrogens with two attached hydrogens (primary N) is 1. The van der Waals surface area contributed by atoms with E-state index in [9.17, 15) is 0 Å². The molecule has 0 aliphatic carbocycles. The number of hydrogen-bond acceptors (Lipinski definition) is 1. The molecule has 2 radical (unpaired) electrons. The van der Waals surface area contributed by atoms with E-state index in [0.29, 0.717) is 5.67 Å². The molecule has 13 heavy (non-hydrogen) atoms. The summed E-state index contributed by atoms with van der Waals surface area (Å²) in [6.45, 7) is 6.48. The highest BCUT2D eigenvalue weighted by Gasteiger charge is 2.06. The summed E-state index contributed by atoms with van der Waals surface area (Å²) in [5, 5.41) is 1.43. The second kappa shape index (κ2) is 4.58. The molecule has 0 amide bonds. The highest BCUT2D eigenvalue weighted by Crippen LogP contribution is 2.02. The van der Waals surface area contributed by atoms with Crippen LogP contribution < -0.4 is 10.9 Å². The van der Waals surface area contributed by atoms with E-state index in [4.69, 9.17) is 5.73 Å². The molecular weight excluding hydrogens is 174 g/mol. The minimum Gasteiger partial charge on any atom is -0.330 e. The molecule has 0 bridgehead atoms. The van der Waals surface area contributed by atoms with Crippen LogP contribution >= 0.6 is 0 Å². The summed E-state index contributed by atoms with van der Waals surface area (Å²) in [5.74, 6) is 0. The van der Waals surface area contributed by atoms with Gasteiger partial charge in [0.2, 0.25) is 0 Å². The smallest absolute Gasteiger partial charge is 0.102 e. The molecule has 2 N–H and O–H groups in total. The largest absolute Gasteiger partial charge is 0.330 e. The maximum absolute atomic E-state index is 5.94. The zero-order valence-electron chi connectivity index (χ0n) is 8.59. The molecule has 2 heteroatoms. The van der Waals surface area contributed by atoms with Crippen LogP contribution in [-0.4, -0.2) is 15.2 Å². The molecule has 1 nitrogen and oxygen atoms in total. The average molecular weight is 191 g/mol. The van der Waals surface area contributed by atoms with Gasteiger partial charge in [-0.25, -0.2) is 0 Å². The fourth-order valence-electron chi connectivity index (χ4n) is 1.21. The van der Waals surface area contributed by atoms with Gasteiger partial charge in [0.15, 0.2) is 0 Å². The molecule has 0 aliphatic heterocycles. The van der Waals surface area contributed by atoms with Crippen LogP contribution in [0, 0.1) is 13.8 Å². The minimum absolute atomic E-state index is 0.334. The van der Waals surface area contributed by atoms with Crippen LogP contribution in [0.3, 0.4) is 0 Å². The Bertz CT molecular complexity index is 283. The van der Waals surface area contributed by atoms with Gasteiger partial charge < -0.3 is 5.73 Å². The van der Waals surface area contributed by atoms with Gasteiger partial charge in [0, 0.05) is 0 Å². The van der Waals surface area contributed by atoms with Crippen molar-refractivity contribution in [3.8, 4) is 0 Å². The Hall–Kier alpha value is -0.603. The van der Waals surface area contributed by atoms with Gasteiger partial charge in [0.1, 0.15) is 9.52 Å². The third kappa shape index (κ3) is 2.67. The van der Waals surface area contributed by atoms with Crippen molar-refractivity contribution in [3.63, 3.8) is 0 Å². The van der Waals surface area contributed by atoms with E-state index >= 15 is 0 Å². The van der Waals surface area contributed by atoms with E-state index in [2.05, 4.69) is 39.0 Å². The Balaban J connectivity index is 2.83. The van der Waals surface area contributed by atoms with Crippen molar-refractivity contribution >= 4 is 14.7 Å². The average Bonchev–Trinajstić information content (AvgIpc) is 2.13. The molecule has 0 aliphatic rings. The summed E-state index contributed by atoms with van der Waals surface area (Å²) in [5.41, 5.74) is 9.05. The van der Waals surface area contributed by atoms with E-state index in [1.54, 1.807) is 0 Å². The monoisotopic (exact) mass is 191 g/mol. The summed E-state index contributed by atoms with van der Waals surface area (Å²) in [6, 6.07) is 6.46. The van der Waals surface area contributed by atoms with E-state index in [1.165, 1.54) is 16.3 Å². The molecular formula is C11H17NSi. The van der Waals surface area contributed by atoms with Gasteiger partial charge in [0.25, 0.3) is 0 Å². The van der Waals surface area contributed by atoms with Crippen LogP contribution in [0.25, 0.3) is 0 Å². The summed E-state index contributed by atoms with van der Waals surface area (Å²) in [7, 11) is 0.751. The van der Waals surface area contributed by atoms with Crippen LogP contribution in [-0.2, 0) is 0 Å². The zero-order valence-corrected chi connectivity index (χ0v) is 9.59. The second-order valence-electron chi connectivity index (χ2n) is 3.41. The first-order chi connectivity index (χ1) is 6.15. The summed E-state index contributed by atoms with van der Waals surface area (Å²) < 4.78 is 0. The van der Waals surface area contributed by atoms with Crippen molar-refractivity contribution in [2.75, 3.05) is 0 Å². The van der Waals surface area contributed by atoms with Crippen LogP contribution in [0.1, 0.15) is 24.5 Å². The van der Waals surface area contributed by atoms with Gasteiger partial charge in [-0.3, -0.25) is 0 Å². The molecule has 1 aromatic rings. The Morgan fingerprint density at radius 3 is 2.69 bits per heavy atom. The molecule has 1 unspecified atom stereocenters. The Morgan fingerprint density at radius 2 is 2.08 bits per heavy atom. The highest BCUT2D eigenvalue weighted by molar-refractivity contribution is 6.55. The van der Waals surface area contributed by atoms with E-state index in [-0.39, 0.29) is 0 Å². The third-order valence-corrected chi connectivity index (χ3v) is 4.02. The minimum atomic E-state index is 0.334. The van der Waals surface area contributed by atoms with Gasteiger partial charge >= 0.3 is 0 Å². The lowest BCUT2D eigenvalue weighted by Crippen LogP contribution is -2.36. The second-order valence-corrected chi connectivity index (χ2v) is 4.98. The third-order valence-electron chi connectivity index (χ3n) is 2.39. The molecule has 0 fully saturated rings. The summed E-state index contributed by atoms with van der Waals surface area (Å²) >= 11 is 0. The fourth-order valence-corrected chi connectivity index (χ4v) is 2.42. The lowest BCUT2D eigenvalue weighted by molar-refractivity contribution is 0.849. The zero-order chi connectivity index (χ0) is 9.84.